The molecule has 6 heteroatoms. The molecule has 0 heterocycles. The molecule has 0 saturated carbocycles. The zero-order valence-corrected chi connectivity index (χ0v) is 55.0. The van der Waals surface area contributed by atoms with E-state index in [4.69, 9.17) is 14.2 Å². The van der Waals surface area contributed by atoms with Crippen LogP contribution in [-0.2, 0) is 28.6 Å². The highest BCUT2D eigenvalue weighted by Gasteiger charge is 2.19. The van der Waals surface area contributed by atoms with Crippen LogP contribution in [0.5, 0.6) is 0 Å². The fourth-order valence-corrected chi connectivity index (χ4v) is 10.8. The normalized spacial score (nSPS) is 12.4. The smallest absolute Gasteiger partial charge is 0.306 e. The summed E-state index contributed by atoms with van der Waals surface area (Å²) in [6.07, 6.45) is 91.1. The largest absolute Gasteiger partial charge is 0.462 e. The summed E-state index contributed by atoms with van der Waals surface area (Å²) in [5.41, 5.74) is 0. The van der Waals surface area contributed by atoms with Gasteiger partial charge < -0.3 is 14.2 Å². The van der Waals surface area contributed by atoms with E-state index in [1.807, 2.05) is 0 Å². The minimum Gasteiger partial charge on any atom is -0.462 e. The molecular formula is C76H138O6. The second kappa shape index (κ2) is 70.6. The van der Waals surface area contributed by atoms with E-state index in [9.17, 15) is 14.4 Å². The zero-order valence-electron chi connectivity index (χ0n) is 55.0. The van der Waals surface area contributed by atoms with Gasteiger partial charge in [0.1, 0.15) is 13.2 Å². The van der Waals surface area contributed by atoms with Gasteiger partial charge >= 0.3 is 17.9 Å². The molecule has 0 fully saturated rings. The number of carbonyl (C=O) groups excluding carboxylic acids is 3. The summed E-state index contributed by atoms with van der Waals surface area (Å²) >= 11 is 0. The van der Waals surface area contributed by atoms with E-state index in [0.29, 0.717) is 19.3 Å². The van der Waals surface area contributed by atoms with Gasteiger partial charge in [-0.3, -0.25) is 14.4 Å². The average molecular weight is 1150 g/mol. The molecule has 478 valence electrons. The van der Waals surface area contributed by atoms with Gasteiger partial charge in [0.2, 0.25) is 0 Å². The van der Waals surface area contributed by atoms with Crippen LogP contribution in [-0.4, -0.2) is 37.2 Å². The molecule has 6 nitrogen and oxygen atoms in total. The molecule has 0 aliphatic heterocycles. The Morgan fingerprint density at radius 2 is 0.439 bits per heavy atom. The van der Waals surface area contributed by atoms with E-state index in [0.717, 1.165) is 83.5 Å². The third kappa shape index (κ3) is 67.9. The van der Waals surface area contributed by atoms with E-state index in [-0.39, 0.29) is 31.1 Å². The zero-order chi connectivity index (χ0) is 59.2. The molecule has 1 atom stereocenters. The van der Waals surface area contributed by atoms with Crippen molar-refractivity contribution >= 4 is 17.9 Å². The maximum atomic E-state index is 13.0. The van der Waals surface area contributed by atoms with E-state index in [1.165, 1.54) is 263 Å². The molecule has 82 heavy (non-hydrogen) atoms. The van der Waals surface area contributed by atoms with Crippen molar-refractivity contribution in [2.45, 2.75) is 393 Å². The molecule has 1 unspecified atom stereocenters. The summed E-state index contributed by atoms with van der Waals surface area (Å²) < 4.78 is 17.0. The SMILES string of the molecule is CCCCC/C=C\C/C=C\C/C=C\CCCCCCCCC(=O)OC(COC(=O)CCCCCCCCCCCCCCCCCC)COC(=O)CCCCCCCCCCCCCCCCCCC/C=C\C/C=C\CCCCCCC. The molecule has 0 aromatic carbocycles. The lowest BCUT2D eigenvalue weighted by atomic mass is 10.0. The van der Waals surface area contributed by atoms with Crippen molar-refractivity contribution in [3.8, 4) is 0 Å². The van der Waals surface area contributed by atoms with Gasteiger partial charge in [-0.15, -0.1) is 0 Å². The van der Waals surface area contributed by atoms with Gasteiger partial charge in [0.15, 0.2) is 6.10 Å². The Balaban J connectivity index is 4.26. The van der Waals surface area contributed by atoms with Crippen molar-refractivity contribution < 1.29 is 28.6 Å². The quantitative estimate of drug-likeness (QED) is 0.0261. The summed E-state index contributed by atoms with van der Waals surface area (Å²) in [5, 5.41) is 0. The molecule has 0 radical (unpaired) electrons. The Morgan fingerprint density at radius 1 is 0.244 bits per heavy atom. The Morgan fingerprint density at radius 3 is 0.707 bits per heavy atom. The van der Waals surface area contributed by atoms with Gasteiger partial charge in [0.25, 0.3) is 0 Å². The first-order valence-electron chi connectivity index (χ1n) is 36.3. The first kappa shape index (κ1) is 79.1. The van der Waals surface area contributed by atoms with Gasteiger partial charge in [0.05, 0.1) is 0 Å². The fraction of sp³-hybridized carbons (Fsp3) is 0.829. The highest BCUT2D eigenvalue weighted by Crippen LogP contribution is 2.18. The highest BCUT2D eigenvalue weighted by molar-refractivity contribution is 5.71. The molecule has 0 spiro atoms. The maximum absolute atomic E-state index is 13.0. The molecule has 0 aliphatic rings. The van der Waals surface area contributed by atoms with E-state index in [1.54, 1.807) is 0 Å². The van der Waals surface area contributed by atoms with Crippen LogP contribution in [0, 0.1) is 0 Å². The minimum absolute atomic E-state index is 0.0746. The summed E-state index contributed by atoms with van der Waals surface area (Å²) in [4.78, 5) is 38.5. The van der Waals surface area contributed by atoms with Crippen molar-refractivity contribution in [2.75, 3.05) is 13.2 Å². The average Bonchev–Trinajstić information content (AvgIpc) is 3.47. The molecule has 0 saturated heterocycles. The molecule has 0 N–H and O–H groups in total. The second-order valence-electron chi connectivity index (χ2n) is 24.5. The van der Waals surface area contributed by atoms with Crippen LogP contribution in [0.4, 0.5) is 0 Å². The van der Waals surface area contributed by atoms with Crippen molar-refractivity contribution in [3.63, 3.8) is 0 Å². The third-order valence-electron chi connectivity index (χ3n) is 16.2. The van der Waals surface area contributed by atoms with Crippen molar-refractivity contribution in [1.82, 2.24) is 0 Å². The predicted molar refractivity (Wildman–Crippen MR) is 358 cm³/mol. The first-order chi connectivity index (χ1) is 40.5. The Hall–Kier alpha value is -2.89. The number of hydrogen-bond acceptors (Lipinski definition) is 6. The second-order valence-corrected chi connectivity index (χ2v) is 24.5. The summed E-state index contributed by atoms with van der Waals surface area (Å²) in [6.45, 7) is 6.66. The van der Waals surface area contributed by atoms with Crippen LogP contribution in [0.1, 0.15) is 387 Å². The first-order valence-corrected chi connectivity index (χ1v) is 36.3. The molecular weight excluding hydrogens is 1010 g/mol. The monoisotopic (exact) mass is 1150 g/mol. The van der Waals surface area contributed by atoms with E-state index in [2.05, 4.69) is 81.5 Å². The molecule has 0 rings (SSSR count). The van der Waals surface area contributed by atoms with Crippen LogP contribution in [0.25, 0.3) is 0 Å². The fourth-order valence-electron chi connectivity index (χ4n) is 10.8. The van der Waals surface area contributed by atoms with Gasteiger partial charge in [0, 0.05) is 19.3 Å². The number of ether oxygens (including phenoxy) is 3. The van der Waals surface area contributed by atoms with Crippen molar-refractivity contribution in [3.05, 3.63) is 60.8 Å². The number of hydrogen-bond donors (Lipinski definition) is 0. The highest BCUT2D eigenvalue weighted by atomic mass is 16.6. The molecule has 0 amide bonds. The molecule has 0 aromatic rings. The Kier molecular flexibility index (Phi) is 68.1. The summed E-state index contributed by atoms with van der Waals surface area (Å²) in [7, 11) is 0. The van der Waals surface area contributed by atoms with Crippen molar-refractivity contribution in [2.24, 2.45) is 0 Å². The maximum Gasteiger partial charge on any atom is 0.306 e. The lowest BCUT2D eigenvalue weighted by Gasteiger charge is -2.18. The van der Waals surface area contributed by atoms with Crippen LogP contribution in [0.3, 0.4) is 0 Å². The van der Waals surface area contributed by atoms with E-state index >= 15 is 0 Å². The molecule has 0 aliphatic carbocycles. The lowest BCUT2D eigenvalue weighted by molar-refractivity contribution is -0.167. The van der Waals surface area contributed by atoms with E-state index < -0.39 is 6.10 Å². The molecule has 0 aromatic heterocycles. The Labute approximate surface area is 510 Å². The molecule has 0 bridgehead atoms. The van der Waals surface area contributed by atoms with Gasteiger partial charge in [-0.05, 0) is 89.9 Å². The van der Waals surface area contributed by atoms with Gasteiger partial charge in [-0.2, -0.15) is 0 Å². The Bertz CT molecular complexity index is 1460. The number of allylic oxidation sites excluding steroid dienone is 10. The van der Waals surface area contributed by atoms with Crippen LogP contribution < -0.4 is 0 Å². The minimum atomic E-state index is -0.780. The van der Waals surface area contributed by atoms with Crippen LogP contribution in [0.15, 0.2) is 60.8 Å². The van der Waals surface area contributed by atoms with Crippen LogP contribution in [0.2, 0.25) is 0 Å². The third-order valence-corrected chi connectivity index (χ3v) is 16.2. The predicted octanol–water partition coefficient (Wildman–Crippen LogP) is 25.1. The van der Waals surface area contributed by atoms with Crippen LogP contribution >= 0.6 is 0 Å². The lowest BCUT2D eigenvalue weighted by Crippen LogP contribution is -2.30. The number of rotatable bonds is 67. The van der Waals surface area contributed by atoms with Gasteiger partial charge in [-0.25, -0.2) is 0 Å². The van der Waals surface area contributed by atoms with Crippen molar-refractivity contribution in [1.29, 1.82) is 0 Å². The number of carbonyl (C=O) groups is 3. The number of esters is 3. The standard InChI is InChI=1S/C76H138O6/c1-4-7-10-13-16-19-22-25-28-31-33-34-35-36-37-38-39-40-41-42-44-45-48-51-54-57-60-63-66-69-75(78)81-72-73(71-80-74(77)68-65-62-59-56-53-50-47-30-27-24-21-18-15-12-9-6-3)82-76(79)70-67-64-61-58-55-52-49-46-43-32-29-26-23-20-17-14-11-8-5-2/h17,20,22,25-26,29,31,33,43,46,73H,4-16,18-19,21,23-24,27-28,30,32,34-42,44-45,47-72H2,1-3H3/b20-17-,25-22-,29-26-,33-31-,46-43-. The topological polar surface area (TPSA) is 78.9 Å². The van der Waals surface area contributed by atoms with Gasteiger partial charge in [-0.1, -0.05) is 338 Å². The number of unbranched alkanes of at least 4 members (excludes halogenated alkanes) is 46. The summed E-state index contributed by atoms with van der Waals surface area (Å²) in [5.74, 6) is -0.861. The summed E-state index contributed by atoms with van der Waals surface area (Å²) in [6, 6.07) is 0.